The first-order valence-electron chi connectivity index (χ1n) is 5.24. The molecule has 1 amide bonds. The van der Waals surface area contributed by atoms with Crippen LogP contribution in [-0.4, -0.2) is 34.4 Å². The van der Waals surface area contributed by atoms with E-state index in [0.29, 0.717) is 12.5 Å². The van der Waals surface area contributed by atoms with Gasteiger partial charge in [-0.05, 0) is 12.3 Å². The first-order chi connectivity index (χ1) is 7.91. The van der Waals surface area contributed by atoms with Crippen LogP contribution in [0.2, 0.25) is 0 Å². The van der Waals surface area contributed by atoms with Gasteiger partial charge in [-0.25, -0.2) is 4.79 Å². The fourth-order valence-electron chi connectivity index (χ4n) is 0.991. The van der Waals surface area contributed by atoms with Gasteiger partial charge in [0.2, 0.25) is 5.91 Å². The van der Waals surface area contributed by atoms with Crippen LogP contribution in [-0.2, 0) is 14.4 Å². The molecule has 1 atom stereocenters. The summed E-state index contributed by atoms with van der Waals surface area (Å²) in [4.78, 5) is 31.9. The van der Waals surface area contributed by atoms with E-state index in [9.17, 15) is 14.4 Å². The Morgan fingerprint density at radius 1 is 1.35 bits per heavy atom. The average molecular weight is 259 g/mol. The monoisotopic (exact) mass is 259 g/mol. The molecule has 17 heavy (non-hydrogen) atoms. The van der Waals surface area contributed by atoms with Crippen LogP contribution in [0.15, 0.2) is 12.2 Å². The van der Waals surface area contributed by atoms with Crippen molar-refractivity contribution in [1.82, 2.24) is 5.32 Å². The molecule has 0 aromatic carbocycles. The highest BCUT2D eigenvalue weighted by Gasteiger charge is 2.05. The number of carbonyl (C=O) groups is 3. The summed E-state index contributed by atoms with van der Waals surface area (Å²) in [5.41, 5.74) is 0. The molecule has 1 unspecified atom stereocenters. The van der Waals surface area contributed by atoms with Gasteiger partial charge in [0.1, 0.15) is 0 Å². The van der Waals surface area contributed by atoms with Crippen LogP contribution in [0.25, 0.3) is 0 Å². The summed E-state index contributed by atoms with van der Waals surface area (Å²) in [5, 5.41) is 11.0. The first kappa shape index (κ1) is 15.7. The van der Waals surface area contributed by atoms with Crippen LogP contribution in [0.4, 0.5) is 0 Å². The third-order valence-corrected chi connectivity index (χ3v) is 3.03. The van der Waals surface area contributed by atoms with Crippen molar-refractivity contribution in [2.45, 2.75) is 20.3 Å². The number of carbonyl (C=O) groups excluding carboxylic acids is 2. The predicted molar refractivity (Wildman–Crippen MR) is 66.7 cm³/mol. The van der Waals surface area contributed by atoms with Crippen molar-refractivity contribution in [2.24, 2.45) is 5.92 Å². The number of hydrogen-bond acceptors (Lipinski definition) is 4. The second-order valence-corrected chi connectivity index (χ2v) is 4.86. The molecule has 6 heteroatoms. The van der Waals surface area contributed by atoms with E-state index in [1.54, 1.807) is 0 Å². The molecule has 0 aromatic heterocycles. The van der Waals surface area contributed by atoms with E-state index in [4.69, 9.17) is 5.11 Å². The zero-order chi connectivity index (χ0) is 13.3. The molecule has 0 aliphatic rings. The van der Waals surface area contributed by atoms with Gasteiger partial charge in [0.05, 0.1) is 0 Å². The minimum Gasteiger partial charge on any atom is -0.478 e. The Labute approximate surface area is 105 Å². The van der Waals surface area contributed by atoms with Gasteiger partial charge in [-0.1, -0.05) is 18.7 Å². The molecule has 0 aliphatic heterocycles. The van der Waals surface area contributed by atoms with Crippen molar-refractivity contribution in [3.63, 3.8) is 0 Å². The quantitative estimate of drug-likeness (QED) is 0.668. The standard InChI is InChI=1S/C11H17NO4S/c1-8(7-17-9(2)13)5-6-12-10(14)3-4-11(15)16/h3-4,8H,5-7H2,1-2H3,(H,12,14)(H,15,16)/b4-3+. The maximum absolute atomic E-state index is 11.1. The molecule has 0 rings (SSSR count). The lowest BCUT2D eigenvalue weighted by molar-refractivity contribution is -0.131. The molecule has 0 radical (unpaired) electrons. The Morgan fingerprint density at radius 3 is 2.53 bits per heavy atom. The second-order valence-electron chi connectivity index (χ2n) is 3.66. The highest BCUT2D eigenvalue weighted by atomic mass is 32.2. The van der Waals surface area contributed by atoms with Gasteiger partial charge in [0, 0.05) is 31.4 Å². The molecule has 0 aromatic rings. The minimum atomic E-state index is -1.15. The third kappa shape index (κ3) is 11.0. The number of amides is 1. The van der Waals surface area contributed by atoms with Crippen molar-refractivity contribution in [1.29, 1.82) is 0 Å². The van der Waals surface area contributed by atoms with E-state index in [0.717, 1.165) is 24.3 Å². The predicted octanol–water partition coefficient (Wildman–Crippen LogP) is 1.05. The summed E-state index contributed by atoms with van der Waals surface area (Å²) < 4.78 is 0. The van der Waals surface area contributed by atoms with E-state index >= 15 is 0 Å². The maximum Gasteiger partial charge on any atom is 0.328 e. The van der Waals surface area contributed by atoms with Crippen LogP contribution >= 0.6 is 11.8 Å². The molecule has 0 saturated carbocycles. The Bertz CT molecular complexity index is 315. The van der Waals surface area contributed by atoms with Gasteiger partial charge in [0.25, 0.3) is 0 Å². The van der Waals surface area contributed by atoms with E-state index in [1.807, 2.05) is 6.92 Å². The Hall–Kier alpha value is -1.30. The molecular formula is C11H17NO4S. The summed E-state index contributed by atoms with van der Waals surface area (Å²) in [6, 6.07) is 0. The summed E-state index contributed by atoms with van der Waals surface area (Å²) in [5.74, 6) is -0.506. The molecular weight excluding hydrogens is 242 g/mol. The SMILES string of the molecule is CC(=O)SCC(C)CCNC(=O)/C=C/C(=O)O. The van der Waals surface area contributed by atoms with Gasteiger partial charge in [0.15, 0.2) is 5.12 Å². The number of nitrogens with one attached hydrogen (secondary N) is 1. The number of aliphatic carboxylic acids is 1. The molecule has 5 nitrogen and oxygen atoms in total. The van der Waals surface area contributed by atoms with Crippen LogP contribution in [0.1, 0.15) is 20.3 Å². The number of rotatable bonds is 7. The molecule has 0 aliphatic carbocycles. The van der Waals surface area contributed by atoms with Gasteiger partial charge >= 0.3 is 5.97 Å². The third-order valence-electron chi connectivity index (χ3n) is 1.88. The smallest absolute Gasteiger partial charge is 0.328 e. The molecule has 0 bridgehead atoms. The van der Waals surface area contributed by atoms with Gasteiger partial charge < -0.3 is 10.4 Å². The molecule has 2 N–H and O–H groups in total. The highest BCUT2D eigenvalue weighted by molar-refractivity contribution is 8.13. The van der Waals surface area contributed by atoms with Crippen molar-refractivity contribution in [2.75, 3.05) is 12.3 Å². The molecule has 0 fully saturated rings. The van der Waals surface area contributed by atoms with Crippen molar-refractivity contribution < 1.29 is 19.5 Å². The van der Waals surface area contributed by atoms with Crippen LogP contribution < -0.4 is 5.32 Å². The van der Waals surface area contributed by atoms with Crippen molar-refractivity contribution >= 4 is 28.8 Å². The van der Waals surface area contributed by atoms with Gasteiger partial charge in [-0.2, -0.15) is 0 Å². The topological polar surface area (TPSA) is 83.5 Å². The Kier molecular flexibility index (Phi) is 8.13. The normalized spacial score (nSPS) is 12.4. The van der Waals surface area contributed by atoms with Crippen LogP contribution in [0.3, 0.4) is 0 Å². The lowest BCUT2D eigenvalue weighted by Crippen LogP contribution is -2.24. The Morgan fingerprint density at radius 2 is 2.00 bits per heavy atom. The number of carboxylic acid groups (broad SMARTS) is 1. The number of hydrogen-bond donors (Lipinski definition) is 2. The first-order valence-corrected chi connectivity index (χ1v) is 6.22. The van der Waals surface area contributed by atoms with Crippen molar-refractivity contribution in [3.05, 3.63) is 12.2 Å². The van der Waals surface area contributed by atoms with E-state index in [-0.39, 0.29) is 5.12 Å². The van der Waals surface area contributed by atoms with E-state index in [2.05, 4.69) is 5.32 Å². The van der Waals surface area contributed by atoms with E-state index in [1.165, 1.54) is 18.7 Å². The second kappa shape index (κ2) is 8.81. The van der Waals surface area contributed by atoms with E-state index < -0.39 is 11.9 Å². The molecule has 0 heterocycles. The van der Waals surface area contributed by atoms with Gasteiger partial charge in [-0.3, -0.25) is 9.59 Å². The summed E-state index contributed by atoms with van der Waals surface area (Å²) in [6.45, 7) is 3.99. The van der Waals surface area contributed by atoms with Crippen molar-refractivity contribution in [3.8, 4) is 0 Å². The van der Waals surface area contributed by atoms with Crippen LogP contribution in [0, 0.1) is 5.92 Å². The molecule has 0 spiro atoms. The zero-order valence-corrected chi connectivity index (χ0v) is 10.8. The summed E-state index contributed by atoms with van der Waals surface area (Å²) >= 11 is 1.27. The summed E-state index contributed by atoms with van der Waals surface area (Å²) in [6.07, 6.45) is 2.54. The number of carboxylic acids is 1. The van der Waals surface area contributed by atoms with Gasteiger partial charge in [-0.15, -0.1) is 0 Å². The minimum absolute atomic E-state index is 0.0882. The zero-order valence-electron chi connectivity index (χ0n) is 9.93. The fourth-order valence-corrected chi connectivity index (χ4v) is 1.68. The highest BCUT2D eigenvalue weighted by Crippen LogP contribution is 2.11. The molecule has 0 saturated heterocycles. The number of thioether (sulfide) groups is 1. The van der Waals surface area contributed by atoms with Crippen LogP contribution in [0.5, 0.6) is 0 Å². The molecule has 96 valence electrons. The fraction of sp³-hybridized carbons (Fsp3) is 0.545. The lowest BCUT2D eigenvalue weighted by Gasteiger charge is -2.09. The Balaban J connectivity index is 3.65. The largest absolute Gasteiger partial charge is 0.478 e. The maximum atomic E-state index is 11.1. The summed E-state index contributed by atoms with van der Waals surface area (Å²) in [7, 11) is 0. The average Bonchev–Trinajstić information content (AvgIpc) is 2.23. The lowest BCUT2D eigenvalue weighted by atomic mass is 10.1.